The number of nitrogens with one attached hydrogen (secondary N) is 1. The van der Waals surface area contributed by atoms with Gasteiger partial charge >= 0.3 is 0 Å². The molecule has 0 spiro atoms. The highest BCUT2D eigenvalue weighted by Crippen LogP contribution is 2.28. The topological polar surface area (TPSA) is 49.3 Å². The highest BCUT2D eigenvalue weighted by atomic mass is 32.2. The van der Waals surface area contributed by atoms with Crippen LogP contribution in [-0.4, -0.2) is 28.6 Å². The second-order valence-corrected chi connectivity index (χ2v) is 6.30. The average Bonchev–Trinajstić information content (AvgIpc) is 3.03. The SMILES string of the molecule is CCc1cc(C#CCCO)ccc1NC(=O)C1CCCS1. The molecule has 1 heterocycles. The fourth-order valence-electron chi connectivity index (χ4n) is 2.30. The minimum Gasteiger partial charge on any atom is -0.395 e. The minimum atomic E-state index is 0.0842. The van der Waals surface area contributed by atoms with Gasteiger partial charge in [0.2, 0.25) is 5.91 Å². The van der Waals surface area contributed by atoms with E-state index in [0.29, 0.717) is 6.42 Å². The Kier molecular flexibility index (Phi) is 6.16. The molecule has 0 aliphatic carbocycles. The highest BCUT2D eigenvalue weighted by molar-refractivity contribution is 8.00. The molecule has 0 aromatic heterocycles. The van der Waals surface area contributed by atoms with Gasteiger partial charge in [-0.3, -0.25) is 4.79 Å². The van der Waals surface area contributed by atoms with E-state index in [1.165, 1.54) is 0 Å². The van der Waals surface area contributed by atoms with Crippen molar-refractivity contribution in [1.29, 1.82) is 0 Å². The maximum atomic E-state index is 12.2. The van der Waals surface area contributed by atoms with Gasteiger partial charge in [-0.05, 0) is 48.8 Å². The van der Waals surface area contributed by atoms with Crippen molar-refractivity contribution in [2.24, 2.45) is 0 Å². The van der Waals surface area contributed by atoms with Gasteiger partial charge in [-0.2, -0.15) is 0 Å². The number of anilines is 1. The van der Waals surface area contributed by atoms with Gasteiger partial charge in [-0.15, -0.1) is 11.8 Å². The van der Waals surface area contributed by atoms with E-state index in [-0.39, 0.29) is 17.8 Å². The number of aliphatic hydroxyl groups excluding tert-OH is 1. The molecule has 0 bridgehead atoms. The largest absolute Gasteiger partial charge is 0.395 e. The number of carbonyl (C=O) groups excluding carboxylic acids is 1. The monoisotopic (exact) mass is 303 g/mol. The number of aliphatic hydroxyl groups is 1. The van der Waals surface area contributed by atoms with E-state index >= 15 is 0 Å². The molecular weight excluding hydrogens is 282 g/mol. The van der Waals surface area contributed by atoms with E-state index in [2.05, 4.69) is 24.1 Å². The lowest BCUT2D eigenvalue weighted by molar-refractivity contribution is -0.115. The van der Waals surface area contributed by atoms with Crippen LogP contribution in [0, 0.1) is 11.8 Å². The molecule has 112 valence electrons. The van der Waals surface area contributed by atoms with Gasteiger partial charge in [0.1, 0.15) is 0 Å². The third-order valence-corrected chi connectivity index (χ3v) is 4.81. The Morgan fingerprint density at radius 3 is 3.05 bits per heavy atom. The summed E-state index contributed by atoms with van der Waals surface area (Å²) in [5, 5.41) is 11.9. The zero-order valence-corrected chi connectivity index (χ0v) is 13.1. The van der Waals surface area contributed by atoms with Crippen molar-refractivity contribution in [3.63, 3.8) is 0 Å². The Hall–Kier alpha value is -1.44. The van der Waals surface area contributed by atoms with Gasteiger partial charge in [0.05, 0.1) is 11.9 Å². The van der Waals surface area contributed by atoms with E-state index in [0.717, 1.165) is 41.8 Å². The molecule has 1 aromatic carbocycles. The van der Waals surface area contributed by atoms with E-state index in [1.807, 2.05) is 18.2 Å². The molecule has 3 nitrogen and oxygen atoms in total. The van der Waals surface area contributed by atoms with E-state index < -0.39 is 0 Å². The summed E-state index contributed by atoms with van der Waals surface area (Å²) in [6.07, 6.45) is 3.44. The van der Waals surface area contributed by atoms with Crippen LogP contribution in [0.3, 0.4) is 0 Å². The molecule has 4 heteroatoms. The van der Waals surface area contributed by atoms with Crippen molar-refractivity contribution >= 4 is 23.4 Å². The van der Waals surface area contributed by atoms with Gasteiger partial charge in [0.25, 0.3) is 0 Å². The molecular formula is C17H21NO2S. The number of rotatable bonds is 4. The first-order valence-corrected chi connectivity index (χ1v) is 8.44. The summed E-state index contributed by atoms with van der Waals surface area (Å²) < 4.78 is 0. The zero-order valence-electron chi connectivity index (χ0n) is 12.3. The summed E-state index contributed by atoms with van der Waals surface area (Å²) in [6, 6.07) is 5.86. The van der Waals surface area contributed by atoms with E-state index in [1.54, 1.807) is 11.8 Å². The van der Waals surface area contributed by atoms with Gasteiger partial charge in [-0.1, -0.05) is 18.8 Å². The minimum absolute atomic E-state index is 0.0842. The van der Waals surface area contributed by atoms with Crippen LogP contribution in [-0.2, 0) is 11.2 Å². The van der Waals surface area contributed by atoms with Gasteiger partial charge < -0.3 is 10.4 Å². The molecule has 1 unspecified atom stereocenters. The Morgan fingerprint density at radius 2 is 2.38 bits per heavy atom. The quantitative estimate of drug-likeness (QED) is 0.841. The number of amides is 1. The van der Waals surface area contributed by atoms with Crippen LogP contribution >= 0.6 is 11.8 Å². The normalized spacial score (nSPS) is 17.1. The number of aryl methyl sites for hydroxylation is 1. The standard InChI is InChI=1S/C17H21NO2S/c1-2-14-12-13(6-3-4-10-19)8-9-15(14)18-17(20)16-7-5-11-21-16/h8-9,12,16,19H,2,4-5,7,10-11H2,1H3,(H,18,20). The van der Waals surface area contributed by atoms with E-state index in [4.69, 9.17) is 5.11 Å². The summed E-state index contributed by atoms with van der Waals surface area (Å²) in [7, 11) is 0. The molecule has 2 rings (SSSR count). The van der Waals surface area contributed by atoms with Gasteiger partial charge in [0, 0.05) is 17.7 Å². The van der Waals surface area contributed by atoms with Crippen LogP contribution in [0.15, 0.2) is 18.2 Å². The van der Waals surface area contributed by atoms with Crippen molar-refractivity contribution in [2.45, 2.75) is 37.9 Å². The molecule has 1 aromatic rings. The van der Waals surface area contributed by atoms with Crippen molar-refractivity contribution in [2.75, 3.05) is 17.7 Å². The summed E-state index contributed by atoms with van der Waals surface area (Å²) in [5.74, 6) is 7.14. The van der Waals surface area contributed by atoms with Crippen LogP contribution in [0.25, 0.3) is 0 Å². The lowest BCUT2D eigenvalue weighted by atomic mass is 10.1. The molecule has 0 saturated carbocycles. The Bertz CT molecular complexity index is 554. The number of thioether (sulfide) groups is 1. The summed E-state index contributed by atoms with van der Waals surface area (Å²) in [5.41, 5.74) is 2.92. The fourth-order valence-corrected chi connectivity index (χ4v) is 3.47. The summed E-state index contributed by atoms with van der Waals surface area (Å²) >= 11 is 1.74. The maximum absolute atomic E-state index is 12.2. The van der Waals surface area contributed by atoms with Crippen LogP contribution in [0.2, 0.25) is 0 Å². The molecule has 1 aliphatic heterocycles. The molecule has 1 atom stereocenters. The fraction of sp³-hybridized carbons (Fsp3) is 0.471. The lowest BCUT2D eigenvalue weighted by Gasteiger charge is -2.13. The zero-order chi connectivity index (χ0) is 15.1. The van der Waals surface area contributed by atoms with Crippen molar-refractivity contribution in [3.8, 4) is 11.8 Å². The Labute approximate surface area is 130 Å². The number of hydrogen-bond acceptors (Lipinski definition) is 3. The third kappa shape index (κ3) is 4.52. The first kappa shape index (κ1) is 15.9. The predicted molar refractivity (Wildman–Crippen MR) is 88.5 cm³/mol. The van der Waals surface area contributed by atoms with Crippen LogP contribution in [0.1, 0.15) is 37.3 Å². The van der Waals surface area contributed by atoms with Crippen LogP contribution in [0.5, 0.6) is 0 Å². The summed E-state index contributed by atoms with van der Waals surface area (Å²) in [4.78, 5) is 12.2. The number of carbonyl (C=O) groups is 1. The van der Waals surface area contributed by atoms with Crippen LogP contribution < -0.4 is 5.32 Å². The molecule has 1 saturated heterocycles. The maximum Gasteiger partial charge on any atom is 0.237 e. The molecule has 1 fully saturated rings. The number of benzene rings is 1. The van der Waals surface area contributed by atoms with Gasteiger partial charge in [0.15, 0.2) is 0 Å². The molecule has 0 radical (unpaired) electrons. The van der Waals surface area contributed by atoms with Crippen molar-refractivity contribution in [1.82, 2.24) is 0 Å². The molecule has 21 heavy (non-hydrogen) atoms. The van der Waals surface area contributed by atoms with Gasteiger partial charge in [-0.25, -0.2) is 0 Å². The van der Waals surface area contributed by atoms with Crippen molar-refractivity contribution < 1.29 is 9.90 Å². The third-order valence-electron chi connectivity index (χ3n) is 3.44. The Morgan fingerprint density at radius 1 is 1.52 bits per heavy atom. The second kappa shape index (κ2) is 8.11. The van der Waals surface area contributed by atoms with Crippen LogP contribution in [0.4, 0.5) is 5.69 Å². The predicted octanol–water partition coefficient (Wildman–Crippen LogP) is 2.82. The van der Waals surface area contributed by atoms with E-state index in [9.17, 15) is 4.79 Å². The van der Waals surface area contributed by atoms with Crippen molar-refractivity contribution in [3.05, 3.63) is 29.3 Å². The first-order valence-electron chi connectivity index (χ1n) is 7.39. The summed E-state index contributed by atoms with van der Waals surface area (Å²) in [6.45, 7) is 2.15. The molecule has 1 amide bonds. The Balaban J connectivity index is 2.09. The average molecular weight is 303 g/mol. The second-order valence-electron chi connectivity index (χ2n) is 4.99. The first-order chi connectivity index (χ1) is 10.2. The lowest BCUT2D eigenvalue weighted by Crippen LogP contribution is -2.23. The molecule has 2 N–H and O–H groups in total. The number of hydrogen-bond donors (Lipinski definition) is 2. The smallest absolute Gasteiger partial charge is 0.237 e. The highest BCUT2D eigenvalue weighted by Gasteiger charge is 2.23. The molecule has 1 aliphatic rings.